The van der Waals surface area contributed by atoms with Gasteiger partial charge in [0.25, 0.3) is 0 Å². The summed E-state index contributed by atoms with van der Waals surface area (Å²) in [6.45, 7) is 5.61. The van der Waals surface area contributed by atoms with Gasteiger partial charge in [-0.15, -0.1) is 0 Å². The van der Waals surface area contributed by atoms with E-state index in [4.69, 9.17) is 0 Å². The third-order valence-electron chi connectivity index (χ3n) is 3.82. The summed E-state index contributed by atoms with van der Waals surface area (Å²) < 4.78 is 0. The lowest BCUT2D eigenvalue weighted by molar-refractivity contribution is 0.0999. The third kappa shape index (κ3) is 3.25. The predicted molar refractivity (Wildman–Crippen MR) is 78.5 cm³/mol. The summed E-state index contributed by atoms with van der Waals surface area (Å²) in [5, 5.41) is 3.39. The maximum Gasteiger partial charge on any atom is 0.0985 e. The summed E-state index contributed by atoms with van der Waals surface area (Å²) in [4.78, 5) is 5.04. The number of allylic oxidation sites excluding steroid dienone is 2. The van der Waals surface area contributed by atoms with Crippen LogP contribution in [-0.4, -0.2) is 42.1 Å². The van der Waals surface area contributed by atoms with Gasteiger partial charge in [0.1, 0.15) is 0 Å². The van der Waals surface area contributed by atoms with Crippen LogP contribution < -0.4 is 5.32 Å². The number of hydrogen-bond donors (Lipinski definition) is 1. The van der Waals surface area contributed by atoms with Crippen LogP contribution in [0.1, 0.15) is 5.56 Å². The van der Waals surface area contributed by atoms with Crippen molar-refractivity contribution in [3.05, 3.63) is 60.3 Å². The van der Waals surface area contributed by atoms with Gasteiger partial charge in [-0.05, 0) is 23.9 Å². The maximum atomic E-state index is 3.39. The van der Waals surface area contributed by atoms with E-state index in [1.807, 2.05) is 12.3 Å². The lowest BCUT2D eigenvalue weighted by Gasteiger charge is -2.38. The van der Waals surface area contributed by atoms with Crippen LogP contribution in [0.15, 0.2) is 54.8 Å². The van der Waals surface area contributed by atoms with Crippen LogP contribution in [0.5, 0.6) is 0 Å². The van der Waals surface area contributed by atoms with Gasteiger partial charge in [-0.1, -0.05) is 36.4 Å². The molecular weight excluding hydrogens is 234 g/mol. The number of hydrogen-bond acceptors (Lipinski definition) is 3. The number of nitrogens with one attached hydrogen (secondary N) is 1. The van der Waals surface area contributed by atoms with E-state index in [1.165, 1.54) is 5.56 Å². The molecule has 2 aliphatic heterocycles. The van der Waals surface area contributed by atoms with Gasteiger partial charge in [0, 0.05) is 32.7 Å². The Bertz CT molecular complexity index is 444. The Kier molecular flexibility index (Phi) is 3.96. The smallest absolute Gasteiger partial charge is 0.0985 e. The van der Waals surface area contributed by atoms with Crippen LogP contribution in [0, 0.1) is 0 Å². The number of rotatable bonds is 3. The third-order valence-corrected chi connectivity index (χ3v) is 3.82. The van der Waals surface area contributed by atoms with E-state index in [2.05, 4.69) is 57.6 Å². The summed E-state index contributed by atoms with van der Waals surface area (Å²) in [5.41, 5.74) is 1.41. The van der Waals surface area contributed by atoms with E-state index < -0.39 is 0 Å². The molecule has 2 aliphatic rings. The highest BCUT2D eigenvalue weighted by Crippen LogP contribution is 2.11. The first kappa shape index (κ1) is 12.5. The molecule has 1 aromatic rings. The van der Waals surface area contributed by atoms with Crippen molar-refractivity contribution in [3.63, 3.8) is 0 Å². The molecule has 1 atom stereocenters. The van der Waals surface area contributed by atoms with E-state index in [9.17, 15) is 0 Å². The Morgan fingerprint density at radius 3 is 2.47 bits per heavy atom. The molecule has 0 spiro atoms. The molecule has 3 heteroatoms. The van der Waals surface area contributed by atoms with Crippen LogP contribution in [-0.2, 0) is 6.54 Å². The topological polar surface area (TPSA) is 18.5 Å². The van der Waals surface area contributed by atoms with Crippen molar-refractivity contribution in [2.45, 2.75) is 12.7 Å². The van der Waals surface area contributed by atoms with Crippen molar-refractivity contribution >= 4 is 0 Å². The van der Waals surface area contributed by atoms with Gasteiger partial charge in [-0.3, -0.25) is 9.80 Å². The molecule has 0 bridgehead atoms. The molecule has 1 saturated heterocycles. The zero-order chi connectivity index (χ0) is 12.9. The molecule has 1 unspecified atom stereocenters. The van der Waals surface area contributed by atoms with Crippen LogP contribution in [0.2, 0.25) is 0 Å². The minimum absolute atomic E-state index is 0.379. The zero-order valence-electron chi connectivity index (χ0n) is 11.2. The van der Waals surface area contributed by atoms with E-state index in [0.29, 0.717) is 6.17 Å². The van der Waals surface area contributed by atoms with Crippen LogP contribution in [0.3, 0.4) is 0 Å². The quantitative estimate of drug-likeness (QED) is 0.888. The molecule has 0 aromatic heterocycles. The maximum absolute atomic E-state index is 3.39. The first-order valence-corrected chi connectivity index (χ1v) is 7.01. The standard InChI is InChI=1S/C16H21N3/c1-2-6-15(7-3-1)14-18-10-12-19(13-11-18)16-8-4-5-9-17-16/h1-9,16-17H,10-14H2. The van der Waals surface area contributed by atoms with Gasteiger partial charge >= 0.3 is 0 Å². The van der Waals surface area contributed by atoms with Crippen LogP contribution in [0.25, 0.3) is 0 Å². The summed E-state index contributed by atoms with van der Waals surface area (Å²) >= 11 is 0. The fraction of sp³-hybridized carbons (Fsp3) is 0.375. The molecule has 0 amide bonds. The average Bonchev–Trinajstić information content (AvgIpc) is 2.50. The van der Waals surface area contributed by atoms with Gasteiger partial charge in [-0.25, -0.2) is 0 Å². The van der Waals surface area contributed by atoms with Gasteiger partial charge in [-0.2, -0.15) is 0 Å². The van der Waals surface area contributed by atoms with Crippen molar-refractivity contribution < 1.29 is 0 Å². The molecule has 1 fully saturated rings. The molecule has 100 valence electrons. The first-order valence-electron chi connectivity index (χ1n) is 7.01. The zero-order valence-corrected chi connectivity index (χ0v) is 11.2. The number of dihydropyridines is 1. The fourth-order valence-electron chi connectivity index (χ4n) is 2.70. The normalized spacial score (nSPS) is 24.3. The van der Waals surface area contributed by atoms with E-state index in [-0.39, 0.29) is 0 Å². The molecule has 3 rings (SSSR count). The van der Waals surface area contributed by atoms with Crippen molar-refractivity contribution in [2.75, 3.05) is 26.2 Å². The highest BCUT2D eigenvalue weighted by molar-refractivity contribution is 5.15. The molecule has 1 aromatic carbocycles. The van der Waals surface area contributed by atoms with Gasteiger partial charge < -0.3 is 5.32 Å². The van der Waals surface area contributed by atoms with Crippen molar-refractivity contribution in [1.82, 2.24) is 15.1 Å². The van der Waals surface area contributed by atoms with E-state index >= 15 is 0 Å². The molecule has 2 heterocycles. The first-order chi connectivity index (χ1) is 9.42. The summed E-state index contributed by atoms with van der Waals surface area (Å²) in [6, 6.07) is 10.7. The molecule has 0 saturated carbocycles. The minimum atomic E-state index is 0.379. The Morgan fingerprint density at radius 1 is 1.00 bits per heavy atom. The second kappa shape index (κ2) is 6.04. The largest absolute Gasteiger partial charge is 0.372 e. The van der Waals surface area contributed by atoms with E-state index in [0.717, 1.165) is 32.7 Å². The van der Waals surface area contributed by atoms with Crippen molar-refractivity contribution in [1.29, 1.82) is 0 Å². The molecule has 0 radical (unpaired) electrons. The van der Waals surface area contributed by atoms with Crippen LogP contribution in [0.4, 0.5) is 0 Å². The molecule has 3 nitrogen and oxygen atoms in total. The van der Waals surface area contributed by atoms with Crippen LogP contribution >= 0.6 is 0 Å². The van der Waals surface area contributed by atoms with Gasteiger partial charge in [0.05, 0.1) is 6.17 Å². The summed E-state index contributed by atoms with van der Waals surface area (Å²) in [7, 11) is 0. The monoisotopic (exact) mass is 255 g/mol. The van der Waals surface area contributed by atoms with Gasteiger partial charge in [0.2, 0.25) is 0 Å². The fourth-order valence-corrected chi connectivity index (χ4v) is 2.70. The Hall–Kier alpha value is -1.58. The van der Waals surface area contributed by atoms with Crippen molar-refractivity contribution in [2.24, 2.45) is 0 Å². The van der Waals surface area contributed by atoms with Gasteiger partial charge in [0.15, 0.2) is 0 Å². The Balaban J connectivity index is 1.49. The highest BCUT2D eigenvalue weighted by atomic mass is 15.3. The predicted octanol–water partition coefficient (Wildman–Crippen LogP) is 1.80. The summed E-state index contributed by atoms with van der Waals surface area (Å²) in [5.74, 6) is 0. The Morgan fingerprint density at radius 2 is 1.79 bits per heavy atom. The molecule has 19 heavy (non-hydrogen) atoms. The van der Waals surface area contributed by atoms with Crippen molar-refractivity contribution in [3.8, 4) is 0 Å². The van der Waals surface area contributed by atoms with E-state index in [1.54, 1.807) is 0 Å². The lowest BCUT2D eigenvalue weighted by Crippen LogP contribution is -2.53. The minimum Gasteiger partial charge on any atom is -0.372 e. The summed E-state index contributed by atoms with van der Waals surface area (Å²) in [6.07, 6.45) is 8.80. The Labute approximate surface area is 115 Å². The molecular formula is C16H21N3. The lowest BCUT2D eigenvalue weighted by atomic mass is 10.2. The molecule has 0 aliphatic carbocycles. The average molecular weight is 255 g/mol. The second-order valence-corrected chi connectivity index (χ2v) is 5.15. The number of benzene rings is 1. The highest BCUT2D eigenvalue weighted by Gasteiger charge is 2.21. The second-order valence-electron chi connectivity index (χ2n) is 5.15. The SMILES string of the molecule is C1=CNC(N2CCN(Cc3ccccc3)CC2)C=C1. The number of nitrogens with zero attached hydrogens (tertiary/aromatic N) is 2. The number of piperazine rings is 1. The molecule has 1 N–H and O–H groups in total.